The van der Waals surface area contributed by atoms with Gasteiger partial charge in [0.1, 0.15) is 17.1 Å². The first-order valence-corrected chi connectivity index (χ1v) is 6.90. The fourth-order valence-electron chi connectivity index (χ4n) is 2.63. The molecule has 2 amide bonds. The Bertz CT molecular complexity index is 509. The van der Waals surface area contributed by atoms with E-state index >= 15 is 0 Å². The van der Waals surface area contributed by atoms with Crippen molar-refractivity contribution in [3.05, 3.63) is 23.2 Å². The van der Waals surface area contributed by atoms with Gasteiger partial charge in [0.05, 0.1) is 6.54 Å². The van der Waals surface area contributed by atoms with Crippen molar-refractivity contribution in [2.24, 2.45) is 0 Å². The molecule has 1 atom stereocenters. The van der Waals surface area contributed by atoms with Gasteiger partial charge in [-0.25, -0.2) is 9.59 Å². The van der Waals surface area contributed by atoms with Crippen LogP contribution in [0.1, 0.15) is 48.1 Å². The van der Waals surface area contributed by atoms with Crippen LogP contribution in [0.4, 0.5) is 4.79 Å². The number of likely N-dealkylation sites (tertiary alicyclic amines) is 1. The molecule has 1 aromatic heterocycles. The first kappa shape index (κ1) is 14.4. The van der Waals surface area contributed by atoms with E-state index in [1.165, 1.54) is 6.07 Å². The molecule has 0 saturated carbocycles. The third kappa shape index (κ3) is 2.95. The third-order valence-electron chi connectivity index (χ3n) is 3.72. The monoisotopic (exact) mass is 280 g/mol. The molecule has 110 valence electrons. The van der Waals surface area contributed by atoms with Crippen LogP contribution in [0, 0.1) is 6.92 Å². The molecule has 0 bridgehead atoms. The molecule has 1 unspecified atom stereocenters. The van der Waals surface area contributed by atoms with Gasteiger partial charge in [0, 0.05) is 12.6 Å². The number of hydrogen-bond acceptors (Lipinski definition) is 3. The quantitative estimate of drug-likeness (QED) is 0.887. The third-order valence-corrected chi connectivity index (χ3v) is 3.72. The van der Waals surface area contributed by atoms with Gasteiger partial charge in [0.15, 0.2) is 0 Å². The van der Waals surface area contributed by atoms with Crippen LogP contribution in [0.25, 0.3) is 0 Å². The minimum Gasteiger partial charge on any atom is -0.478 e. The summed E-state index contributed by atoms with van der Waals surface area (Å²) in [6, 6.07) is 1.65. The van der Waals surface area contributed by atoms with Crippen molar-refractivity contribution in [1.29, 1.82) is 0 Å². The second kappa shape index (κ2) is 5.98. The predicted octanol–water partition coefficient (Wildman–Crippen LogP) is 2.37. The largest absolute Gasteiger partial charge is 0.478 e. The average molecular weight is 280 g/mol. The molecule has 0 aromatic carbocycles. The number of rotatable bonds is 4. The molecule has 0 aliphatic carbocycles. The van der Waals surface area contributed by atoms with Crippen LogP contribution >= 0.6 is 0 Å². The normalized spacial score (nSPS) is 18.3. The number of hydrogen-bond donors (Lipinski definition) is 2. The Morgan fingerprint density at radius 3 is 2.90 bits per heavy atom. The molecule has 6 nitrogen and oxygen atoms in total. The van der Waals surface area contributed by atoms with Gasteiger partial charge in [-0.1, -0.05) is 6.92 Å². The Kier molecular flexibility index (Phi) is 4.32. The average Bonchev–Trinajstić information content (AvgIpc) is 3.01. The second-order valence-electron chi connectivity index (χ2n) is 5.04. The van der Waals surface area contributed by atoms with Gasteiger partial charge in [-0.2, -0.15) is 0 Å². The lowest BCUT2D eigenvalue weighted by Crippen LogP contribution is -2.42. The number of nitrogens with one attached hydrogen (secondary N) is 1. The van der Waals surface area contributed by atoms with E-state index in [-0.39, 0.29) is 18.1 Å². The van der Waals surface area contributed by atoms with E-state index in [0.29, 0.717) is 17.6 Å². The smallest absolute Gasteiger partial charge is 0.339 e. The Morgan fingerprint density at radius 1 is 1.55 bits per heavy atom. The standard InChI is InChI=1S/C14H20N2O4/c1-3-10-5-4-6-16(10)14(19)15-8-11-7-12(13(17)18)9(2)20-11/h7,10H,3-6,8H2,1-2H3,(H,15,19)(H,17,18). The summed E-state index contributed by atoms with van der Waals surface area (Å²) in [6.45, 7) is 4.66. The summed E-state index contributed by atoms with van der Waals surface area (Å²) in [6.07, 6.45) is 3.04. The highest BCUT2D eigenvalue weighted by molar-refractivity contribution is 5.88. The number of carbonyl (C=O) groups is 2. The molecule has 2 heterocycles. The van der Waals surface area contributed by atoms with E-state index in [1.54, 1.807) is 6.92 Å². The van der Waals surface area contributed by atoms with Gasteiger partial charge >= 0.3 is 12.0 Å². The molecule has 2 rings (SSSR count). The maximum absolute atomic E-state index is 12.1. The number of amides is 2. The summed E-state index contributed by atoms with van der Waals surface area (Å²) in [7, 11) is 0. The molecular weight excluding hydrogens is 260 g/mol. The van der Waals surface area contributed by atoms with Crippen molar-refractivity contribution in [3.63, 3.8) is 0 Å². The van der Waals surface area contributed by atoms with E-state index in [9.17, 15) is 9.59 Å². The highest BCUT2D eigenvalue weighted by Gasteiger charge is 2.27. The van der Waals surface area contributed by atoms with Gasteiger partial charge in [-0.15, -0.1) is 0 Å². The van der Waals surface area contributed by atoms with E-state index < -0.39 is 5.97 Å². The zero-order chi connectivity index (χ0) is 14.7. The number of carbonyl (C=O) groups excluding carboxylic acids is 1. The van der Waals surface area contributed by atoms with E-state index in [4.69, 9.17) is 9.52 Å². The van der Waals surface area contributed by atoms with Crippen LogP contribution in [0.5, 0.6) is 0 Å². The first-order chi connectivity index (χ1) is 9.52. The summed E-state index contributed by atoms with van der Waals surface area (Å²) in [5.74, 6) is -0.204. The minimum absolute atomic E-state index is 0.111. The van der Waals surface area contributed by atoms with Crippen molar-refractivity contribution in [3.8, 4) is 0 Å². The molecule has 1 aromatic rings. The van der Waals surface area contributed by atoms with Gasteiger partial charge < -0.3 is 19.7 Å². The summed E-state index contributed by atoms with van der Waals surface area (Å²) in [5.41, 5.74) is 0.141. The van der Waals surface area contributed by atoms with E-state index in [1.807, 2.05) is 4.90 Å². The fraction of sp³-hybridized carbons (Fsp3) is 0.571. The van der Waals surface area contributed by atoms with Crippen LogP contribution in [0.2, 0.25) is 0 Å². The van der Waals surface area contributed by atoms with Gasteiger partial charge in [-0.05, 0) is 32.3 Å². The molecule has 20 heavy (non-hydrogen) atoms. The molecule has 0 spiro atoms. The lowest BCUT2D eigenvalue weighted by Gasteiger charge is -2.23. The van der Waals surface area contributed by atoms with Crippen LogP contribution in [-0.2, 0) is 6.54 Å². The summed E-state index contributed by atoms with van der Waals surface area (Å²) in [5, 5.41) is 11.7. The van der Waals surface area contributed by atoms with Crippen LogP contribution in [0.15, 0.2) is 10.5 Å². The summed E-state index contributed by atoms with van der Waals surface area (Å²) >= 11 is 0. The second-order valence-corrected chi connectivity index (χ2v) is 5.04. The zero-order valence-corrected chi connectivity index (χ0v) is 11.8. The van der Waals surface area contributed by atoms with Crippen LogP contribution in [0.3, 0.4) is 0 Å². The predicted molar refractivity (Wildman–Crippen MR) is 72.7 cm³/mol. The van der Waals surface area contributed by atoms with Crippen LogP contribution in [-0.4, -0.2) is 34.6 Å². The molecule has 0 radical (unpaired) electrons. The number of carboxylic acid groups (broad SMARTS) is 1. The molecular formula is C14H20N2O4. The zero-order valence-electron chi connectivity index (χ0n) is 11.8. The topological polar surface area (TPSA) is 82.8 Å². The highest BCUT2D eigenvalue weighted by atomic mass is 16.4. The van der Waals surface area contributed by atoms with Gasteiger partial charge in [0.25, 0.3) is 0 Å². The molecule has 6 heteroatoms. The van der Waals surface area contributed by atoms with Crippen molar-refractivity contribution in [2.75, 3.05) is 6.54 Å². The van der Waals surface area contributed by atoms with Crippen molar-refractivity contribution >= 4 is 12.0 Å². The maximum Gasteiger partial charge on any atom is 0.339 e. The lowest BCUT2D eigenvalue weighted by atomic mass is 10.2. The summed E-state index contributed by atoms with van der Waals surface area (Å²) < 4.78 is 5.33. The van der Waals surface area contributed by atoms with Crippen LogP contribution < -0.4 is 5.32 Å². The SMILES string of the molecule is CCC1CCCN1C(=O)NCc1cc(C(=O)O)c(C)o1. The molecule has 1 saturated heterocycles. The van der Waals surface area contributed by atoms with Crippen molar-refractivity contribution < 1.29 is 19.1 Å². The Balaban J connectivity index is 1.93. The molecule has 1 aliphatic rings. The minimum atomic E-state index is -1.02. The fourth-order valence-corrected chi connectivity index (χ4v) is 2.63. The molecule has 1 aliphatic heterocycles. The number of carboxylic acids is 1. The van der Waals surface area contributed by atoms with Gasteiger partial charge in [-0.3, -0.25) is 0 Å². The first-order valence-electron chi connectivity index (χ1n) is 6.90. The summed E-state index contributed by atoms with van der Waals surface area (Å²) in [4.78, 5) is 24.8. The molecule has 2 N–H and O–H groups in total. The lowest BCUT2D eigenvalue weighted by molar-refractivity contribution is 0.0695. The van der Waals surface area contributed by atoms with Crippen molar-refractivity contribution in [1.82, 2.24) is 10.2 Å². The van der Waals surface area contributed by atoms with E-state index in [2.05, 4.69) is 12.2 Å². The van der Waals surface area contributed by atoms with Gasteiger partial charge in [0.2, 0.25) is 0 Å². The Morgan fingerprint density at radius 2 is 2.30 bits per heavy atom. The van der Waals surface area contributed by atoms with E-state index in [0.717, 1.165) is 25.8 Å². The number of aromatic carboxylic acids is 1. The Hall–Kier alpha value is -1.98. The van der Waals surface area contributed by atoms with Crippen molar-refractivity contribution in [2.45, 2.75) is 45.7 Å². The number of furan rings is 1. The maximum atomic E-state index is 12.1. The Labute approximate surface area is 117 Å². The molecule has 1 fully saturated rings. The number of nitrogens with zero attached hydrogens (tertiary/aromatic N) is 1. The number of aryl methyl sites for hydroxylation is 1. The number of urea groups is 1. The highest BCUT2D eigenvalue weighted by Crippen LogP contribution is 2.20.